The summed E-state index contributed by atoms with van der Waals surface area (Å²) in [5.41, 5.74) is 4.20. The van der Waals surface area contributed by atoms with Gasteiger partial charge >= 0.3 is 0 Å². The largest absolute Gasteiger partial charge is 0.382 e. The lowest BCUT2D eigenvalue weighted by molar-refractivity contribution is -0.0767. The van der Waals surface area contributed by atoms with E-state index in [0.29, 0.717) is 6.04 Å². The van der Waals surface area contributed by atoms with Crippen molar-refractivity contribution in [3.8, 4) is 0 Å². The summed E-state index contributed by atoms with van der Waals surface area (Å²) in [5, 5.41) is 3.72. The Hall–Kier alpha value is -1.02. The number of anilines is 1. The molecule has 1 aliphatic carbocycles. The standard InChI is InChI=1S/C17H25NO/c1-13-5-6-15(11-14(13)2)18-16-7-10-19-17(12-16)8-3-4-9-17/h5-6,11,16,18H,3-4,7-10,12H2,1-2H3. The van der Waals surface area contributed by atoms with Crippen LogP contribution < -0.4 is 5.32 Å². The van der Waals surface area contributed by atoms with Crippen LogP contribution in [0.15, 0.2) is 18.2 Å². The van der Waals surface area contributed by atoms with E-state index in [2.05, 4.69) is 37.4 Å². The lowest BCUT2D eigenvalue weighted by atomic mass is 9.89. The molecule has 1 saturated heterocycles. The molecule has 1 saturated carbocycles. The van der Waals surface area contributed by atoms with E-state index in [4.69, 9.17) is 4.74 Å². The second-order valence-electron chi connectivity index (χ2n) is 6.37. The number of ether oxygens (including phenoxy) is 1. The monoisotopic (exact) mass is 259 g/mol. The predicted molar refractivity (Wildman–Crippen MR) is 79.7 cm³/mol. The van der Waals surface area contributed by atoms with Gasteiger partial charge in [0.05, 0.1) is 5.60 Å². The fourth-order valence-corrected chi connectivity index (χ4v) is 3.59. The fraction of sp³-hybridized carbons (Fsp3) is 0.647. The van der Waals surface area contributed by atoms with Crippen molar-refractivity contribution in [3.05, 3.63) is 29.3 Å². The molecular weight excluding hydrogens is 234 g/mol. The summed E-state index contributed by atoms with van der Waals surface area (Å²) in [4.78, 5) is 0. The molecular formula is C17H25NO. The van der Waals surface area contributed by atoms with Crippen molar-refractivity contribution in [1.82, 2.24) is 0 Å². The maximum atomic E-state index is 6.10. The molecule has 0 bridgehead atoms. The zero-order valence-corrected chi connectivity index (χ0v) is 12.2. The van der Waals surface area contributed by atoms with Gasteiger partial charge in [0.25, 0.3) is 0 Å². The van der Waals surface area contributed by atoms with Crippen LogP contribution in [0.2, 0.25) is 0 Å². The molecule has 1 aromatic rings. The average Bonchev–Trinajstić information content (AvgIpc) is 2.82. The van der Waals surface area contributed by atoms with Gasteiger partial charge in [-0.3, -0.25) is 0 Å². The van der Waals surface area contributed by atoms with Crippen LogP contribution in [0, 0.1) is 13.8 Å². The van der Waals surface area contributed by atoms with E-state index in [9.17, 15) is 0 Å². The first-order valence-corrected chi connectivity index (χ1v) is 7.65. The Kier molecular flexibility index (Phi) is 3.53. The summed E-state index contributed by atoms with van der Waals surface area (Å²) in [6.45, 7) is 5.27. The first kappa shape index (κ1) is 13.0. The van der Waals surface area contributed by atoms with Crippen molar-refractivity contribution >= 4 is 5.69 Å². The van der Waals surface area contributed by atoms with Crippen LogP contribution in [0.25, 0.3) is 0 Å². The maximum absolute atomic E-state index is 6.10. The Morgan fingerprint density at radius 2 is 1.95 bits per heavy atom. The highest BCUT2D eigenvalue weighted by Gasteiger charge is 2.39. The summed E-state index contributed by atoms with van der Waals surface area (Å²) in [7, 11) is 0. The molecule has 3 rings (SSSR count). The molecule has 1 unspecified atom stereocenters. The molecule has 0 amide bonds. The van der Waals surface area contributed by atoms with Crippen molar-refractivity contribution < 1.29 is 4.74 Å². The average molecular weight is 259 g/mol. The molecule has 2 fully saturated rings. The first-order chi connectivity index (χ1) is 9.17. The Balaban J connectivity index is 1.67. The normalized spacial score (nSPS) is 25.7. The first-order valence-electron chi connectivity index (χ1n) is 7.65. The van der Waals surface area contributed by atoms with Gasteiger partial charge in [0.2, 0.25) is 0 Å². The Bertz CT molecular complexity index is 449. The minimum absolute atomic E-state index is 0.204. The quantitative estimate of drug-likeness (QED) is 0.859. The Morgan fingerprint density at radius 1 is 1.16 bits per heavy atom. The van der Waals surface area contributed by atoms with E-state index >= 15 is 0 Å². The Morgan fingerprint density at radius 3 is 2.68 bits per heavy atom. The highest BCUT2D eigenvalue weighted by atomic mass is 16.5. The van der Waals surface area contributed by atoms with Crippen molar-refractivity contribution in [2.45, 2.75) is 64.0 Å². The Labute approximate surface area is 116 Å². The van der Waals surface area contributed by atoms with Gasteiger partial charge in [0.15, 0.2) is 0 Å². The zero-order chi connectivity index (χ0) is 13.3. The van der Waals surface area contributed by atoms with Crippen LogP contribution in [0.4, 0.5) is 5.69 Å². The number of aryl methyl sites for hydroxylation is 2. The van der Waals surface area contributed by atoms with Crippen molar-refractivity contribution in [2.24, 2.45) is 0 Å². The van der Waals surface area contributed by atoms with Crippen LogP contribution >= 0.6 is 0 Å². The highest BCUT2D eigenvalue weighted by Crippen LogP contribution is 2.40. The third-order valence-corrected chi connectivity index (χ3v) is 4.89. The molecule has 1 aromatic carbocycles. The molecule has 1 aliphatic heterocycles. The molecule has 2 aliphatic rings. The van der Waals surface area contributed by atoms with Gasteiger partial charge < -0.3 is 10.1 Å². The SMILES string of the molecule is Cc1ccc(NC2CCOC3(CCCC3)C2)cc1C. The minimum atomic E-state index is 0.204. The van der Waals surface area contributed by atoms with Crippen LogP contribution in [0.1, 0.15) is 49.7 Å². The summed E-state index contributed by atoms with van der Waals surface area (Å²) in [6.07, 6.45) is 7.53. The van der Waals surface area contributed by atoms with Gasteiger partial charge in [0.1, 0.15) is 0 Å². The summed E-state index contributed by atoms with van der Waals surface area (Å²) >= 11 is 0. The predicted octanol–water partition coefficient (Wildman–Crippen LogP) is 4.21. The smallest absolute Gasteiger partial charge is 0.0702 e. The lowest BCUT2D eigenvalue weighted by Gasteiger charge is -2.39. The van der Waals surface area contributed by atoms with E-state index in [1.54, 1.807) is 0 Å². The van der Waals surface area contributed by atoms with Crippen molar-refractivity contribution in [1.29, 1.82) is 0 Å². The molecule has 1 heterocycles. The maximum Gasteiger partial charge on any atom is 0.0702 e. The molecule has 1 atom stereocenters. The molecule has 2 nitrogen and oxygen atoms in total. The molecule has 0 aromatic heterocycles. The third-order valence-electron chi connectivity index (χ3n) is 4.89. The highest BCUT2D eigenvalue weighted by molar-refractivity contribution is 5.48. The minimum Gasteiger partial charge on any atom is -0.382 e. The molecule has 1 N–H and O–H groups in total. The van der Waals surface area contributed by atoms with E-state index in [1.807, 2.05) is 0 Å². The van der Waals surface area contributed by atoms with Crippen LogP contribution in [0.5, 0.6) is 0 Å². The van der Waals surface area contributed by atoms with Gasteiger partial charge in [0, 0.05) is 18.3 Å². The molecule has 104 valence electrons. The molecule has 0 radical (unpaired) electrons. The zero-order valence-electron chi connectivity index (χ0n) is 12.2. The summed E-state index contributed by atoms with van der Waals surface area (Å²) in [6, 6.07) is 7.27. The van der Waals surface area contributed by atoms with Gasteiger partial charge in [-0.1, -0.05) is 18.9 Å². The van der Waals surface area contributed by atoms with Crippen LogP contribution in [-0.2, 0) is 4.74 Å². The fourth-order valence-electron chi connectivity index (χ4n) is 3.59. The third kappa shape index (κ3) is 2.79. The number of hydrogen-bond donors (Lipinski definition) is 1. The number of hydrogen-bond acceptors (Lipinski definition) is 2. The van der Waals surface area contributed by atoms with E-state index in [-0.39, 0.29) is 5.60 Å². The van der Waals surface area contributed by atoms with Crippen LogP contribution in [-0.4, -0.2) is 18.2 Å². The second kappa shape index (κ2) is 5.16. The van der Waals surface area contributed by atoms with Gasteiger partial charge in [-0.05, 0) is 62.8 Å². The second-order valence-corrected chi connectivity index (χ2v) is 6.37. The lowest BCUT2D eigenvalue weighted by Crippen LogP contribution is -2.42. The van der Waals surface area contributed by atoms with Gasteiger partial charge in [-0.25, -0.2) is 0 Å². The molecule has 2 heteroatoms. The number of rotatable bonds is 2. The van der Waals surface area contributed by atoms with E-state index < -0.39 is 0 Å². The molecule has 1 spiro atoms. The van der Waals surface area contributed by atoms with Gasteiger partial charge in [-0.15, -0.1) is 0 Å². The molecule has 19 heavy (non-hydrogen) atoms. The number of benzene rings is 1. The van der Waals surface area contributed by atoms with E-state index in [0.717, 1.165) is 13.0 Å². The summed E-state index contributed by atoms with van der Waals surface area (Å²) < 4.78 is 6.10. The summed E-state index contributed by atoms with van der Waals surface area (Å²) in [5.74, 6) is 0. The van der Waals surface area contributed by atoms with Gasteiger partial charge in [-0.2, -0.15) is 0 Å². The van der Waals surface area contributed by atoms with Crippen LogP contribution in [0.3, 0.4) is 0 Å². The number of nitrogens with one attached hydrogen (secondary N) is 1. The van der Waals surface area contributed by atoms with Crippen molar-refractivity contribution in [3.63, 3.8) is 0 Å². The van der Waals surface area contributed by atoms with Crippen molar-refractivity contribution in [2.75, 3.05) is 11.9 Å². The van der Waals surface area contributed by atoms with E-state index in [1.165, 1.54) is 48.9 Å². The topological polar surface area (TPSA) is 21.3 Å².